The Labute approximate surface area is 208 Å². The molecule has 2 saturated heterocycles. The van der Waals surface area contributed by atoms with Gasteiger partial charge < -0.3 is 14.7 Å². The molecule has 5 rings (SSSR count). The molecule has 0 unspecified atom stereocenters. The average Bonchev–Trinajstić information content (AvgIpc) is 3.41. The first-order valence-electron chi connectivity index (χ1n) is 11.9. The zero-order valence-corrected chi connectivity index (χ0v) is 19.9. The highest BCUT2D eigenvalue weighted by atomic mass is 19.1. The normalized spacial score (nSPS) is 20.3. The lowest BCUT2D eigenvalue weighted by molar-refractivity contribution is -0.140. The van der Waals surface area contributed by atoms with Crippen molar-refractivity contribution in [3.05, 3.63) is 89.0 Å². The Morgan fingerprint density at radius 2 is 1.75 bits per heavy atom. The molecule has 1 amide bonds. The van der Waals surface area contributed by atoms with Crippen molar-refractivity contribution in [2.24, 2.45) is 0 Å². The van der Waals surface area contributed by atoms with Crippen LogP contribution in [0.5, 0.6) is 0 Å². The average molecular weight is 491 g/mol. The number of likely N-dealkylation sites (tertiary alicyclic amines) is 1. The number of halogens is 1. The number of hydrogen-bond donors (Lipinski definition) is 1. The van der Waals surface area contributed by atoms with Gasteiger partial charge in [0.25, 0.3) is 11.7 Å². The number of aromatic nitrogens is 2. The van der Waals surface area contributed by atoms with Gasteiger partial charge >= 0.3 is 0 Å². The highest BCUT2D eigenvalue weighted by Gasteiger charge is 2.46. The summed E-state index contributed by atoms with van der Waals surface area (Å²) in [5.41, 5.74) is 2.31. The molecule has 2 aliphatic rings. The van der Waals surface area contributed by atoms with Crippen LogP contribution in [0.3, 0.4) is 0 Å². The third-order valence-electron chi connectivity index (χ3n) is 6.75. The fourth-order valence-electron chi connectivity index (χ4n) is 4.79. The van der Waals surface area contributed by atoms with E-state index < -0.39 is 23.5 Å². The lowest BCUT2D eigenvalue weighted by Crippen LogP contribution is -2.42. The molecule has 1 aromatic heterocycles. The van der Waals surface area contributed by atoms with E-state index in [1.165, 1.54) is 23.2 Å². The van der Waals surface area contributed by atoms with Crippen LogP contribution < -0.4 is 0 Å². The van der Waals surface area contributed by atoms with E-state index in [2.05, 4.69) is 10.00 Å². The Morgan fingerprint density at radius 1 is 1.06 bits per heavy atom. The van der Waals surface area contributed by atoms with Crippen molar-refractivity contribution in [3.8, 4) is 5.69 Å². The minimum Gasteiger partial charge on any atom is -0.507 e. The molecule has 3 aromatic rings. The summed E-state index contributed by atoms with van der Waals surface area (Å²) >= 11 is 0. The Balaban J connectivity index is 1.55. The molecular formula is C27H27FN4O4. The van der Waals surface area contributed by atoms with Crippen molar-refractivity contribution < 1.29 is 23.8 Å². The minimum atomic E-state index is -0.842. The Morgan fingerprint density at radius 3 is 2.44 bits per heavy atom. The molecule has 2 aliphatic heterocycles. The van der Waals surface area contributed by atoms with Gasteiger partial charge in [-0.2, -0.15) is 5.10 Å². The minimum absolute atomic E-state index is 0.0238. The van der Waals surface area contributed by atoms with E-state index in [9.17, 15) is 19.1 Å². The molecule has 0 spiro atoms. The van der Waals surface area contributed by atoms with Gasteiger partial charge in [-0.05, 0) is 36.8 Å². The number of amides is 1. The highest BCUT2D eigenvalue weighted by Crippen LogP contribution is 2.40. The summed E-state index contributed by atoms with van der Waals surface area (Å²) in [6.07, 6.45) is 1.49. The maximum absolute atomic E-state index is 13.7. The Kier molecular flexibility index (Phi) is 6.67. The van der Waals surface area contributed by atoms with E-state index in [4.69, 9.17) is 4.74 Å². The maximum atomic E-state index is 13.7. The van der Waals surface area contributed by atoms with Crippen molar-refractivity contribution >= 4 is 17.4 Å². The van der Waals surface area contributed by atoms with Crippen LogP contribution in [0.4, 0.5) is 4.39 Å². The van der Waals surface area contributed by atoms with Gasteiger partial charge in [0, 0.05) is 26.2 Å². The fraction of sp³-hybridized carbons (Fsp3) is 0.296. The standard InChI is InChI=1S/C27H27FN4O4/c1-18-22(17-29-32(18)21-5-3-2-4-6-21)25(33)23-24(19-7-9-20(28)10-8-19)31(27(35)26(23)34)12-11-30-13-15-36-16-14-30/h2-10,17,24,33H,11-16H2,1H3/t24-/m0/s1. The van der Waals surface area contributed by atoms with Crippen molar-refractivity contribution in [1.29, 1.82) is 0 Å². The van der Waals surface area contributed by atoms with Gasteiger partial charge in [0.2, 0.25) is 0 Å². The second-order valence-corrected chi connectivity index (χ2v) is 8.89. The number of ketones is 1. The molecule has 2 fully saturated rings. The first kappa shape index (κ1) is 23.9. The number of rotatable bonds is 6. The molecule has 0 bridgehead atoms. The first-order chi connectivity index (χ1) is 17.5. The number of benzene rings is 2. The molecule has 3 heterocycles. The van der Waals surface area contributed by atoms with Crippen LogP contribution in [0.25, 0.3) is 11.4 Å². The maximum Gasteiger partial charge on any atom is 0.295 e. The predicted molar refractivity (Wildman–Crippen MR) is 131 cm³/mol. The summed E-state index contributed by atoms with van der Waals surface area (Å²) in [7, 11) is 0. The van der Waals surface area contributed by atoms with E-state index >= 15 is 0 Å². The Bertz CT molecular complexity index is 1300. The molecule has 9 heteroatoms. The van der Waals surface area contributed by atoms with E-state index in [-0.39, 0.29) is 17.9 Å². The molecule has 0 saturated carbocycles. The third-order valence-corrected chi connectivity index (χ3v) is 6.75. The molecule has 1 N–H and O–H groups in total. The third kappa shape index (κ3) is 4.43. The number of para-hydroxylation sites is 1. The second-order valence-electron chi connectivity index (χ2n) is 8.89. The van der Waals surface area contributed by atoms with Crippen LogP contribution in [0.15, 0.2) is 66.4 Å². The molecule has 1 atom stereocenters. The number of carbonyl (C=O) groups is 2. The summed E-state index contributed by atoms with van der Waals surface area (Å²) < 4.78 is 20.8. The van der Waals surface area contributed by atoms with E-state index in [0.29, 0.717) is 36.6 Å². The quantitative estimate of drug-likeness (QED) is 0.325. The summed E-state index contributed by atoms with van der Waals surface area (Å²) in [6.45, 7) is 5.34. The van der Waals surface area contributed by atoms with Crippen LogP contribution in [-0.4, -0.2) is 75.8 Å². The van der Waals surface area contributed by atoms with Gasteiger partial charge in [-0.1, -0.05) is 30.3 Å². The van der Waals surface area contributed by atoms with Gasteiger partial charge in [-0.25, -0.2) is 9.07 Å². The van der Waals surface area contributed by atoms with E-state index in [1.807, 2.05) is 30.3 Å². The summed E-state index contributed by atoms with van der Waals surface area (Å²) in [6, 6.07) is 14.2. The zero-order valence-electron chi connectivity index (χ0n) is 19.9. The molecule has 186 valence electrons. The molecule has 0 aliphatic carbocycles. The lowest BCUT2D eigenvalue weighted by atomic mass is 9.95. The number of aliphatic hydroxyl groups is 1. The van der Waals surface area contributed by atoms with Crippen molar-refractivity contribution in [2.45, 2.75) is 13.0 Å². The van der Waals surface area contributed by atoms with Crippen LogP contribution >= 0.6 is 0 Å². The van der Waals surface area contributed by atoms with Crippen LogP contribution in [0.2, 0.25) is 0 Å². The van der Waals surface area contributed by atoms with Gasteiger partial charge in [-0.15, -0.1) is 0 Å². The Hall–Kier alpha value is -3.82. The topological polar surface area (TPSA) is 87.9 Å². The second kappa shape index (κ2) is 10.0. The number of hydrogen-bond acceptors (Lipinski definition) is 6. The number of Topliss-reactive ketones (excluding diaryl/α,β-unsaturated/α-hetero) is 1. The van der Waals surface area contributed by atoms with E-state index in [1.54, 1.807) is 23.7 Å². The molecule has 0 radical (unpaired) electrons. The van der Waals surface area contributed by atoms with Crippen molar-refractivity contribution in [2.75, 3.05) is 39.4 Å². The number of carbonyl (C=O) groups excluding carboxylic acids is 2. The van der Waals surface area contributed by atoms with Crippen LogP contribution in [-0.2, 0) is 14.3 Å². The summed E-state index contributed by atoms with van der Waals surface area (Å²) in [5.74, 6) is -2.18. The molecule has 36 heavy (non-hydrogen) atoms. The first-order valence-corrected chi connectivity index (χ1v) is 11.9. The fourth-order valence-corrected chi connectivity index (χ4v) is 4.79. The van der Waals surface area contributed by atoms with Gasteiger partial charge in [0.05, 0.1) is 48.0 Å². The monoisotopic (exact) mass is 490 g/mol. The summed E-state index contributed by atoms with van der Waals surface area (Å²) in [4.78, 5) is 30.1. The van der Waals surface area contributed by atoms with Gasteiger partial charge in [0.15, 0.2) is 0 Å². The largest absolute Gasteiger partial charge is 0.507 e. The number of morpholine rings is 1. The summed E-state index contributed by atoms with van der Waals surface area (Å²) in [5, 5.41) is 15.8. The zero-order chi connectivity index (χ0) is 25.2. The van der Waals surface area contributed by atoms with Crippen LogP contribution in [0, 0.1) is 12.7 Å². The van der Waals surface area contributed by atoms with Gasteiger partial charge in [-0.3, -0.25) is 14.5 Å². The SMILES string of the molecule is Cc1c(C(O)=C2C(=O)C(=O)N(CCN3CCOCC3)[C@H]2c2ccc(F)cc2)cnn1-c1ccccc1. The smallest absolute Gasteiger partial charge is 0.295 e. The highest BCUT2D eigenvalue weighted by molar-refractivity contribution is 6.46. The van der Waals surface area contributed by atoms with Crippen LogP contribution in [0.1, 0.15) is 22.9 Å². The van der Waals surface area contributed by atoms with E-state index in [0.717, 1.165) is 18.8 Å². The van der Waals surface area contributed by atoms with Gasteiger partial charge in [0.1, 0.15) is 11.6 Å². The lowest BCUT2D eigenvalue weighted by Gasteiger charge is -2.31. The molecule has 2 aromatic carbocycles. The number of nitrogens with zero attached hydrogens (tertiary/aromatic N) is 4. The molecular weight excluding hydrogens is 463 g/mol. The number of aliphatic hydroxyl groups excluding tert-OH is 1. The van der Waals surface area contributed by atoms with Crippen molar-refractivity contribution in [3.63, 3.8) is 0 Å². The van der Waals surface area contributed by atoms with Crippen molar-refractivity contribution in [1.82, 2.24) is 19.6 Å². The predicted octanol–water partition coefficient (Wildman–Crippen LogP) is 3.07. The number of ether oxygens (including phenoxy) is 1. The molecule has 8 nitrogen and oxygen atoms in total.